The molecular weight excluding hydrogens is 647 g/mol. The van der Waals surface area contributed by atoms with E-state index in [1.54, 1.807) is 6.20 Å². The van der Waals surface area contributed by atoms with E-state index >= 15 is 0 Å². The molecule has 4 nitrogen and oxygen atoms in total. The van der Waals surface area contributed by atoms with Crippen molar-refractivity contribution in [2.75, 3.05) is 4.90 Å². The number of fused-ring (bicyclic) bond motifs is 6. The second kappa shape index (κ2) is 12.4. The van der Waals surface area contributed by atoms with Crippen LogP contribution in [0.5, 0.6) is 0 Å². The van der Waals surface area contributed by atoms with Gasteiger partial charge in [-0.25, -0.2) is 4.98 Å². The molecule has 10 aromatic rings. The summed E-state index contributed by atoms with van der Waals surface area (Å²) in [5.41, 5.74) is 15.7. The van der Waals surface area contributed by atoms with Crippen LogP contribution in [0.3, 0.4) is 0 Å². The maximum Gasteiger partial charge on any atom is 0.227 e. The van der Waals surface area contributed by atoms with Gasteiger partial charge in [0.25, 0.3) is 0 Å². The summed E-state index contributed by atoms with van der Waals surface area (Å²) in [6, 6.07) is 60.7. The minimum Gasteiger partial charge on any atom is -0.438 e. The maximum atomic E-state index is 6.07. The first kappa shape index (κ1) is 30.9. The lowest BCUT2D eigenvalue weighted by Gasteiger charge is -2.25. The molecule has 0 saturated heterocycles. The predicted molar refractivity (Wildman–Crippen MR) is 221 cm³/mol. The Morgan fingerprint density at radius 2 is 1.13 bits per heavy atom. The van der Waals surface area contributed by atoms with Crippen molar-refractivity contribution in [3.8, 4) is 27.9 Å². The van der Waals surface area contributed by atoms with E-state index in [0.29, 0.717) is 5.71 Å². The highest BCUT2D eigenvalue weighted by molar-refractivity contribution is 6.11. The first-order valence-corrected chi connectivity index (χ1v) is 18.0. The lowest BCUT2D eigenvalue weighted by Crippen LogP contribution is -2.09. The highest BCUT2D eigenvalue weighted by Crippen LogP contribution is 2.41. The van der Waals surface area contributed by atoms with Gasteiger partial charge in [-0.3, -0.25) is 0 Å². The predicted octanol–water partition coefficient (Wildman–Crippen LogP) is 13.5. The third-order valence-electron chi connectivity index (χ3n) is 10.7. The number of anilines is 3. The van der Waals surface area contributed by atoms with Gasteiger partial charge in [-0.15, -0.1) is 0 Å². The minimum absolute atomic E-state index is 0.674. The van der Waals surface area contributed by atoms with Crippen LogP contribution in [-0.2, 0) is 0 Å². The average Bonchev–Trinajstić information content (AvgIpc) is 3.75. The molecule has 0 unspecified atom stereocenters. The van der Waals surface area contributed by atoms with E-state index in [-0.39, 0.29) is 0 Å². The first-order valence-electron chi connectivity index (χ1n) is 18.0. The Balaban J connectivity index is 1.04. The smallest absolute Gasteiger partial charge is 0.227 e. The van der Waals surface area contributed by atoms with Crippen molar-refractivity contribution in [1.82, 2.24) is 9.55 Å². The van der Waals surface area contributed by atoms with Crippen molar-refractivity contribution in [2.45, 2.75) is 13.8 Å². The van der Waals surface area contributed by atoms with Gasteiger partial charge in [0, 0.05) is 50.5 Å². The molecule has 0 aliphatic rings. The Bertz CT molecular complexity index is 2920. The molecule has 0 amide bonds. The number of para-hydroxylation sites is 3. The number of nitrogens with zero attached hydrogens (tertiary/aromatic N) is 3. The number of hydrogen-bond acceptors (Lipinski definition) is 3. The van der Waals surface area contributed by atoms with Gasteiger partial charge in [0.1, 0.15) is 5.58 Å². The summed E-state index contributed by atoms with van der Waals surface area (Å²) in [6.45, 7) is 4.50. The van der Waals surface area contributed by atoms with Crippen molar-refractivity contribution < 1.29 is 4.42 Å². The summed E-state index contributed by atoms with van der Waals surface area (Å²) in [6.07, 6.45) is 1.77. The van der Waals surface area contributed by atoms with Crippen molar-refractivity contribution in [2.24, 2.45) is 0 Å². The topological polar surface area (TPSA) is 34.2 Å². The molecule has 53 heavy (non-hydrogen) atoms. The number of pyridine rings is 1. The van der Waals surface area contributed by atoms with E-state index in [9.17, 15) is 0 Å². The normalized spacial score (nSPS) is 11.6. The van der Waals surface area contributed by atoms with Crippen LogP contribution in [-0.4, -0.2) is 9.55 Å². The summed E-state index contributed by atoms with van der Waals surface area (Å²) >= 11 is 0. The summed E-state index contributed by atoms with van der Waals surface area (Å²) < 4.78 is 8.50. The van der Waals surface area contributed by atoms with Gasteiger partial charge in [0.15, 0.2) is 0 Å². The molecule has 0 bridgehead atoms. The summed E-state index contributed by atoms with van der Waals surface area (Å²) in [4.78, 5) is 6.72. The Morgan fingerprint density at radius 3 is 1.91 bits per heavy atom. The van der Waals surface area contributed by atoms with Gasteiger partial charge in [-0.1, -0.05) is 91.0 Å². The fourth-order valence-corrected chi connectivity index (χ4v) is 7.95. The molecule has 0 atom stereocenters. The van der Waals surface area contributed by atoms with Crippen LogP contribution in [0.2, 0.25) is 0 Å². The van der Waals surface area contributed by atoms with Gasteiger partial charge in [0.2, 0.25) is 5.71 Å². The van der Waals surface area contributed by atoms with Gasteiger partial charge in [-0.2, -0.15) is 0 Å². The van der Waals surface area contributed by atoms with Gasteiger partial charge < -0.3 is 13.9 Å². The molecule has 0 fully saturated rings. The first-order chi connectivity index (χ1) is 26.1. The maximum absolute atomic E-state index is 6.07. The molecule has 3 aromatic heterocycles. The highest BCUT2D eigenvalue weighted by atomic mass is 16.3. The SMILES string of the molecule is Cc1c(-c2ccc(-c3ccc4c(c3)oc3ncccc34)cc2)ccc(-n2c3ccccc3c3cc(N(c4ccccc4)c4ccccc4)ccc32)c1C. The Hall–Kier alpha value is -6.91. The molecule has 0 N–H and O–H groups in total. The number of furan rings is 1. The molecule has 10 rings (SSSR count). The summed E-state index contributed by atoms with van der Waals surface area (Å²) in [5.74, 6) is 0. The van der Waals surface area contributed by atoms with Crippen molar-refractivity contribution in [3.63, 3.8) is 0 Å². The molecule has 0 aliphatic heterocycles. The van der Waals surface area contributed by atoms with Gasteiger partial charge >= 0.3 is 0 Å². The second-order valence-corrected chi connectivity index (χ2v) is 13.7. The molecule has 0 spiro atoms. The van der Waals surface area contributed by atoms with E-state index in [4.69, 9.17) is 4.42 Å². The van der Waals surface area contributed by atoms with Gasteiger partial charge in [0.05, 0.1) is 11.0 Å². The molecule has 0 aliphatic carbocycles. The molecule has 252 valence electrons. The van der Waals surface area contributed by atoms with Crippen molar-refractivity contribution in [1.29, 1.82) is 0 Å². The van der Waals surface area contributed by atoms with Crippen LogP contribution >= 0.6 is 0 Å². The van der Waals surface area contributed by atoms with Crippen molar-refractivity contribution in [3.05, 3.63) is 187 Å². The molecule has 0 saturated carbocycles. The monoisotopic (exact) mass is 681 g/mol. The van der Waals surface area contributed by atoms with Crippen LogP contribution in [0, 0.1) is 13.8 Å². The summed E-state index contributed by atoms with van der Waals surface area (Å²) in [7, 11) is 0. The van der Waals surface area contributed by atoms with Crippen LogP contribution in [0.4, 0.5) is 17.1 Å². The highest BCUT2D eigenvalue weighted by Gasteiger charge is 2.19. The summed E-state index contributed by atoms with van der Waals surface area (Å²) in [5, 5.41) is 4.59. The quantitative estimate of drug-likeness (QED) is 0.175. The number of hydrogen-bond donors (Lipinski definition) is 0. The van der Waals surface area contributed by atoms with Crippen LogP contribution < -0.4 is 4.90 Å². The zero-order valence-corrected chi connectivity index (χ0v) is 29.5. The fourth-order valence-electron chi connectivity index (χ4n) is 7.95. The Kier molecular flexibility index (Phi) is 7.22. The molecule has 0 radical (unpaired) electrons. The average molecular weight is 682 g/mol. The number of rotatable bonds is 6. The lowest BCUT2D eigenvalue weighted by atomic mass is 9.94. The number of benzene rings is 7. The van der Waals surface area contributed by atoms with E-state index in [1.165, 1.54) is 49.7 Å². The Morgan fingerprint density at radius 1 is 0.472 bits per heavy atom. The van der Waals surface area contributed by atoms with Crippen molar-refractivity contribution >= 4 is 60.9 Å². The standard InChI is InChI=1S/C49H35N3O/c1-32-33(2)45(28-26-40(32)35-21-19-34(20-22-35)36-23-25-42-43-17-11-29-50-49(43)53-48(42)30-36)52-46-18-10-9-16-41(46)44-31-39(24-27-47(44)52)51(37-12-5-3-6-13-37)38-14-7-4-8-15-38/h3-31H,1-2H3. The third-order valence-corrected chi connectivity index (χ3v) is 10.7. The lowest BCUT2D eigenvalue weighted by molar-refractivity contribution is 0.654. The van der Waals surface area contributed by atoms with Crippen LogP contribution in [0.25, 0.3) is 71.8 Å². The van der Waals surface area contributed by atoms with E-state index in [1.807, 2.05) is 6.07 Å². The molecule has 7 aromatic carbocycles. The van der Waals surface area contributed by atoms with Gasteiger partial charge in [-0.05, 0) is 126 Å². The van der Waals surface area contributed by atoms with Crippen LogP contribution in [0.15, 0.2) is 180 Å². The largest absolute Gasteiger partial charge is 0.438 e. The molecule has 4 heteroatoms. The molecule has 3 heterocycles. The zero-order chi connectivity index (χ0) is 35.5. The third kappa shape index (κ3) is 5.10. The Labute approximate surface area is 307 Å². The fraction of sp³-hybridized carbons (Fsp3) is 0.0408. The molecular formula is C49H35N3O. The number of aromatic nitrogens is 2. The zero-order valence-electron chi connectivity index (χ0n) is 29.5. The van der Waals surface area contributed by atoms with E-state index in [2.05, 4.69) is 192 Å². The van der Waals surface area contributed by atoms with E-state index in [0.717, 1.165) is 44.5 Å². The van der Waals surface area contributed by atoms with E-state index < -0.39 is 0 Å². The second-order valence-electron chi connectivity index (χ2n) is 13.7. The van der Waals surface area contributed by atoms with Crippen LogP contribution in [0.1, 0.15) is 11.1 Å². The minimum atomic E-state index is 0.674.